The molecule has 2 aliphatic heterocycles. The van der Waals surface area contributed by atoms with Crippen molar-refractivity contribution in [2.75, 3.05) is 13.6 Å². The smallest absolute Gasteiger partial charge is 0.249 e. The van der Waals surface area contributed by atoms with Crippen LogP contribution in [0, 0.1) is 11.8 Å². The van der Waals surface area contributed by atoms with Crippen LogP contribution in [0.1, 0.15) is 56.5 Å². The Morgan fingerprint density at radius 1 is 1.23 bits per heavy atom. The van der Waals surface area contributed by atoms with Crippen molar-refractivity contribution in [3.05, 3.63) is 28.7 Å². The highest BCUT2D eigenvalue weighted by Gasteiger charge is 2.32. The summed E-state index contributed by atoms with van der Waals surface area (Å²) in [5.74, 6) is 3.09. The van der Waals surface area contributed by atoms with Gasteiger partial charge in [-0.25, -0.2) is 18.1 Å². The number of hydrogen-bond donors (Lipinski definition) is 2. The molecule has 0 saturated heterocycles. The van der Waals surface area contributed by atoms with Gasteiger partial charge in [0.25, 0.3) is 0 Å². The van der Waals surface area contributed by atoms with Crippen LogP contribution in [0.3, 0.4) is 0 Å². The molecule has 0 bridgehead atoms. The van der Waals surface area contributed by atoms with Crippen LogP contribution in [-0.2, 0) is 10.0 Å². The quantitative estimate of drug-likeness (QED) is 0.696. The molecule has 9 heteroatoms. The van der Waals surface area contributed by atoms with Crippen molar-refractivity contribution in [3.63, 3.8) is 0 Å². The van der Waals surface area contributed by atoms with Gasteiger partial charge in [-0.15, -0.1) is 11.3 Å². The predicted molar refractivity (Wildman–Crippen MR) is 123 cm³/mol. The summed E-state index contributed by atoms with van der Waals surface area (Å²) >= 11 is 1.20. The van der Waals surface area contributed by atoms with Crippen LogP contribution in [0.4, 0.5) is 0 Å². The van der Waals surface area contributed by atoms with E-state index in [1.54, 1.807) is 17.7 Å². The highest BCUT2D eigenvalue weighted by atomic mass is 32.2. The molecule has 0 aromatic carbocycles. The van der Waals surface area contributed by atoms with Gasteiger partial charge in [0.2, 0.25) is 10.0 Å². The molecule has 2 atom stereocenters. The molecule has 162 valence electrons. The predicted octanol–water partition coefficient (Wildman–Crippen LogP) is 3.67. The first-order chi connectivity index (χ1) is 14.5. The van der Waals surface area contributed by atoms with Gasteiger partial charge in [0.15, 0.2) is 6.17 Å². The van der Waals surface area contributed by atoms with Crippen LogP contribution < -0.4 is 10.0 Å². The number of hydrogen-bond acceptors (Lipinski definition) is 7. The van der Waals surface area contributed by atoms with Gasteiger partial charge in [-0.3, -0.25) is 9.98 Å². The fraction of sp³-hybridized carbons (Fsp3) is 0.571. The van der Waals surface area contributed by atoms with Gasteiger partial charge < -0.3 is 5.32 Å². The maximum absolute atomic E-state index is 12.0. The molecule has 1 aromatic heterocycles. The molecule has 1 aromatic rings. The second-order valence-corrected chi connectivity index (χ2v) is 11.2. The van der Waals surface area contributed by atoms with Crippen molar-refractivity contribution in [2.45, 2.75) is 55.8 Å². The first-order valence-corrected chi connectivity index (χ1v) is 12.9. The monoisotopic (exact) mass is 447 g/mol. The normalized spacial score (nSPS) is 24.7. The van der Waals surface area contributed by atoms with Gasteiger partial charge in [-0.2, -0.15) is 0 Å². The molecule has 0 radical (unpaired) electrons. The summed E-state index contributed by atoms with van der Waals surface area (Å²) in [7, 11) is -2.04. The number of amidine groups is 2. The van der Waals surface area contributed by atoms with E-state index in [4.69, 9.17) is 9.98 Å². The van der Waals surface area contributed by atoms with Gasteiger partial charge in [0.1, 0.15) is 15.9 Å². The number of sulfonamides is 1. The molecule has 0 spiro atoms. The Morgan fingerprint density at radius 3 is 2.80 bits per heavy atom. The maximum atomic E-state index is 12.0. The number of thiophene rings is 1. The molecule has 3 heterocycles. The summed E-state index contributed by atoms with van der Waals surface area (Å²) in [6.45, 7) is 3.09. The molecule has 30 heavy (non-hydrogen) atoms. The molecule has 1 aliphatic carbocycles. The number of rotatable bonds is 6. The number of nitrogens with zero attached hydrogens (tertiary/aromatic N) is 3. The summed E-state index contributed by atoms with van der Waals surface area (Å²) in [6.07, 6.45) is 10.5. The third-order valence-corrected chi connectivity index (χ3v) is 8.72. The Hall–Kier alpha value is -1.84. The summed E-state index contributed by atoms with van der Waals surface area (Å²) in [5, 5.41) is 3.43. The van der Waals surface area contributed by atoms with E-state index >= 15 is 0 Å². The standard InChI is InChI=1S/C21H29N5O2S2/c1-3-4-14-9-11-23-19(13-16(14)15-5-6-15)25-18-10-12-24-21(26-18)17-7-8-20(29-17)30(27,28)22-2/h7-8,12-15,21-22H,3-6,9-11H2,1-2H3,(H,23,25,26). The minimum atomic E-state index is -3.45. The van der Waals surface area contributed by atoms with Crippen molar-refractivity contribution in [1.82, 2.24) is 10.0 Å². The van der Waals surface area contributed by atoms with E-state index in [1.807, 2.05) is 6.21 Å². The Morgan fingerprint density at radius 2 is 2.07 bits per heavy atom. The van der Waals surface area contributed by atoms with E-state index in [-0.39, 0.29) is 4.21 Å². The first-order valence-electron chi connectivity index (χ1n) is 10.6. The molecule has 2 N–H and O–H groups in total. The largest absolute Gasteiger partial charge is 0.329 e. The van der Waals surface area contributed by atoms with E-state index < -0.39 is 16.2 Å². The van der Waals surface area contributed by atoms with Crippen molar-refractivity contribution in [2.24, 2.45) is 26.8 Å². The fourth-order valence-corrected chi connectivity index (χ4v) is 6.14. The summed E-state index contributed by atoms with van der Waals surface area (Å²) in [6, 6.07) is 3.39. The van der Waals surface area contributed by atoms with E-state index in [0.29, 0.717) is 12.3 Å². The van der Waals surface area contributed by atoms with Gasteiger partial charge in [0.05, 0.1) is 4.88 Å². The Balaban J connectivity index is 1.51. The van der Waals surface area contributed by atoms with Crippen LogP contribution in [-0.4, -0.2) is 39.9 Å². The molecule has 0 amide bonds. The van der Waals surface area contributed by atoms with Crippen molar-refractivity contribution < 1.29 is 8.42 Å². The average Bonchev–Trinajstić information content (AvgIpc) is 3.49. The molecular weight excluding hydrogens is 418 g/mol. The minimum absolute atomic E-state index is 0.276. The summed E-state index contributed by atoms with van der Waals surface area (Å²) in [4.78, 5) is 14.8. The van der Waals surface area contributed by atoms with Crippen LogP contribution >= 0.6 is 11.3 Å². The zero-order valence-electron chi connectivity index (χ0n) is 17.5. The first kappa shape index (κ1) is 21.4. The van der Waals surface area contributed by atoms with E-state index in [2.05, 4.69) is 28.0 Å². The van der Waals surface area contributed by atoms with Crippen molar-refractivity contribution >= 4 is 39.2 Å². The molecule has 1 saturated carbocycles. The van der Waals surface area contributed by atoms with Crippen LogP contribution in [0.25, 0.3) is 0 Å². The van der Waals surface area contributed by atoms with Crippen molar-refractivity contribution in [3.8, 4) is 0 Å². The van der Waals surface area contributed by atoms with Gasteiger partial charge in [0, 0.05) is 19.2 Å². The number of allylic oxidation sites excluding steroid dienone is 1. The highest BCUT2D eigenvalue weighted by Crippen LogP contribution is 2.43. The average molecular weight is 448 g/mol. The van der Waals surface area contributed by atoms with Gasteiger partial charge >= 0.3 is 0 Å². The molecule has 7 nitrogen and oxygen atoms in total. The van der Waals surface area contributed by atoms with Gasteiger partial charge in [-0.1, -0.05) is 18.9 Å². The lowest BCUT2D eigenvalue weighted by Crippen LogP contribution is -2.31. The van der Waals surface area contributed by atoms with Crippen LogP contribution in [0.5, 0.6) is 0 Å². The lowest BCUT2D eigenvalue weighted by Gasteiger charge is -2.18. The SMILES string of the molecule is CCCC1CCN=C(NC2=NC(c3ccc(S(=O)(=O)NC)s3)N=CC2)C=C1C1CC1. The molecule has 4 rings (SSSR count). The molecule has 1 fully saturated rings. The second-order valence-electron chi connectivity index (χ2n) is 7.93. The lowest BCUT2D eigenvalue weighted by molar-refractivity contribution is 0.501. The lowest BCUT2D eigenvalue weighted by atomic mass is 9.88. The maximum Gasteiger partial charge on any atom is 0.249 e. The topological polar surface area (TPSA) is 95.3 Å². The van der Waals surface area contributed by atoms with E-state index in [9.17, 15) is 8.42 Å². The Labute approximate surface area is 182 Å². The third kappa shape index (κ3) is 4.90. The van der Waals surface area contributed by atoms with E-state index in [1.165, 1.54) is 44.1 Å². The van der Waals surface area contributed by atoms with Crippen LogP contribution in [0.2, 0.25) is 0 Å². The zero-order chi connectivity index (χ0) is 21.1. The number of aliphatic imine (C=N–C) groups is 3. The molecule has 3 aliphatic rings. The van der Waals surface area contributed by atoms with E-state index in [0.717, 1.165) is 35.4 Å². The van der Waals surface area contributed by atoms with Crippen LogP contribution in [0.15, 0.2) is 43.0 Å². The zero-order valence-corrected chi connectivity index (χ0v) is 19.1. The van der Waals surface area contributed by atoms with Crippen molar-refractivity contribution in [1.29, 1.82) is 0 Å². The Kier molecular flexibility index (Phi) is 6.50. The number of nitrogens with one attached hydrogen (secondary N) is 2. The van der Waals surface area contributed by atoms with Gasteiger partial charge in [-0.05, 0) is 62.8 Å². The second kappa shape index (κ2) is 9.11. The third-order valence-electron chi connectivity index (χ3n) is 5.69. The highest BCUT2D eigenvalue weighted by molar-refractivity contribution is 7.91. The summed E-state index contributed by atoms with van der Waals surface area (Å²) < 4.78 is 26.6. The minimum Gasteiger partial charge on any atom is -0.329 e. The fourth-order valence-electron chi connectivity index (χ4n) is 3.99. The summed E-state index contributed by atoms with van der Waals surface area (Å²) in [5.41, 5.74) is 1.56. The molecular formula is C21H29N5O2S2. The molecule has 2 unspecified atom stereocenters. The Bertz CT molecular complexity index is 1000.